The molecule has 246 valence electrons. The number of benzene rings is 4. The normalized spacial score (nSPS) is 20.2. The summed E-state index contributed by atoms with van der Waals surface area (Å²) in [6.45, 7) is 3.63. The molecule has 0 aromatic heterocycles. The fourth-order valence-corrected chi connectivity index (χ4v) is 8.22. The molecule has 1 unspecified atom stereocenters. The van der Waals surface area contributed by atoms with E-state index in [1.165, 1.54) is 5.56 Å². The fraction of sp³-hybridized carbons (Fsp3) is 0.325. The van der Waals surface area contributed by atoms with Crippen molar-refractivity contribution < 1.29 is 14.7 Å². The molecule has 1 aliphatic carbocycles. The first-order chi connectivity index (χ1) is 23.1. The number of phenols is 1. The van der Waals surface area contributed by atoms with Gasteiger partial charge in [-0.1, -0.05) is 73.7 Å². The molecule has 8 heteroatoms. The standard InChI is InChI=1S/C40H43N5O3/c1-39-21-23-45(24-22-40(37(47)43(2)3,30-11-7-5-8-12-30)31-13-9-6-10-14-31)35(25-29-17-20-33(46)26-34(29)39)36(39)44(4)38(48)42-32-18-15-28(27-41)16-19-32/h5-20,26,35-36,46H,21-25H2,1-4H3,(H,42,48)/t35?,36-,39+/m0/s1. The van der Waals surface area contributed by atoms with Crippen molar-refractivity contribution >= 4 is 17.6 Å². The van der Waals surface area contributed by atoms with Crippen LogP contribution in [0.2, 0.25) is 0 Å². The van der Waals surface area contributed by atoms with Crippen molar-refractivity contribution in [1.82, 2.24) is 14.7 Å². The lowest BCUT2D eigenvalue weighted by molar-refractivity contribution is -0.134. The van der Waals surface area contributed by atoms with E-state index in [-0.39, 0.29) is 29.8 Å². The predicted molar refractivity (Wildman–Crippen MR) is 188 cm³/mol. The van der Waals surface area contributed by atoms with Crippen LogP contribution in [0.5, 0.6) is 5.75 Å². The Kier molecular flexibility index (Phi) is 9.00. The quantitative estimate of drug-likeness (QED) is 0.241. The molecule has 0 spiro atoms. The number of carbonyl (C=O) groups is 2. The van der Waals surface area contributed by atoms with Gasteiger partial charge in [0.1, 0.15) is 11.2 Å². The number of aromatic hydroxyl groups is 1. The molecule has 8 nitrogen and oxygen atoms in total. The summed E-state index contributed by atoms with van der Waals surface area (Å²) in [7, 11) is 5.49. The van der Waals surface area contributed by atoms with Crippen molar-refractivity contribution in [2.45, 2.75) is 49.1 Å². The second kappa shape index (κ2) is 13.2. The molecule has 1 heterocycles. The van der Waals surface area contributed by atoms with E-state index >= 15 is 0 Å². The first-order valence-corrected chi connectivity index (χ1v) is 16.5. The van der Waals surface area contributed by atoms with Crippen LogP contribution in [0.1, 0.15) is 47.6 Å². The number of phenolic OH excluding ortho intramolecular Hbond substituents is 1. The molecule has 1 fully saturated rings. The van der Waals surface area contributed by atoms with Crippen molar-refractivity contribution in [3.63, 3.8) is 0 Å². The highest BCUT2D eigenvalue weighted by molar-refractivity contribution is 5.92. The van der Waals surface area contributed by atoms with Crippen LogP contribution in [0.3, 0.4) is 0 Å². The summed E-state index contributed by atoms with van der Waals surface area (Å²) in [6.07, 6.45) is 2.03. The second-order valence-corrected chi connectivity index (χ2v) is 13.6. The molecule has 48 heavy (non-hydrogen) atoms. The van der Waals surface area contributed by atoms with Crippen LogP contribution < -0.4 is 5.32 Å². The van der Waals surface area contributed by atoms with Gasteiger partial charge in [0.05, 0.1) is 17.7 Å². The summed E-state index contributed by atoms with van der Waals surface area (Å²) in [5.41, 5.74) is 3.98. The molecule has 2 aliphatic rings. The van der Waals surface area contributed by atoms with Crippen molar-refractivity contribution in [3.05, 3.63) is 131 Å². The van der Waals surface area contributed by atoms with Gasteiger partial charge < -0.3 is 20.2 Å². The van der Waals surface area contributed by atoms with E-state index in [9.17, 15) is 20.0 Å². The van der Waals surface area contributed by atoms with Gasteiger partial charge >= 0.3 is 6.03 Å². The van der Waals surface area contributed by atoms with Gasteiger partial charge in [0.25, 0.3) is 0 Å². The van der Waals surface area contributed by atoms with Gasteiger partial charge in [-0.15, -0.1) is 0 Å². The monoisotopic (exact) mass is 641 g/mol. The first-order valence-electron chi connectivity index (χ1n) is 16.5. The van der Waals surface area contributed by atoms with Crippen LogP contribution in [0.4, 0.5) is 10.5 Å². The molecule has 4 aromatic carbocycles. The fourth-order valence-electron chi connectivity index (χ4n) is 8.22. The predicted octanol–water partition coefficient (Wildman–Crippen LogP) is 6.15. The Hall–Kier alpha value is -5.13. The topological polar surface area (TPSA) is 99.9 Å². The summed E-state index contributed by atoms with van der Waals surface area (Å²) in [4.78, 5) is 34.3. The number of anilines is 1. The Morgan fingerprint density at radius 3 is 2.17 bits per heavy atom. The van der Waals surface area contributed by atoms with Gasteiger partial charge in [-0.25, -0.2) is 4.79 Å². The molecule has 2 N–H and O–H groups in total. The summed E-state index contributed by atoms with van der Waals surface area (Å²) in [5.74, 6) is 0.249. The number of urea groups is 1. The van der Waals surface area contributed by atoms with Crippen molar-refractivity contribution in [3.8, 4) is 11.8 Å². The number of carbonyl (C=O) groups excluding carboxylic acids is 2. The van der Waals surface area contributed by atoms with Gasteiger partial charge in [-0.2, -0.15) is 5.26 Å². The molecular weight excluding hydrogens is 598 g/mol. The summed E-state index contributed by atoms with van der Waals surface area (Å²) >= 11 is 0. The molecule has 3 amide bonds. The molecule has 0 radical (unpaired) electrons. The highest BCUT2D eigenvalue weighted by Crippen LogP contribution is 2.48. The highest BCUT2D eigenvalue weighted by atomic mass is 16.3. The Bertz CT molecular complexity index is 1780. The van der Waals surface area contributed by atoms with Crippen LogP contribution in [0, 0.1) is 11.3 Å². The third kappa shape index (κ3) is 5.80. The van der Waals surface area contributed by atoms with E-state index < -0.39 is 10.8 Å². The molecule has 0 saturated carbocycles. The minimum Gasteiger partial charge on any atom is -0.508 e. The average molecular weight is 642 g/mol. The smallest absolute Gasteiger partial charge is 0.321 e. The average Bonchev–Trinajstić information content (AvgIpc) is 3.10. The number of nitrogens with zero attached hydrogens (tertiary/aromatic N) is 4. The Labute approximate surface area is 283 Å². The summed E-state index contributed by atoms with van der Waals surface area (Å²) in [6, 6.07) is 34.2. The van der Waals surface area contributed by atoms with Gasteiger partial charge in [0.15, 0.2) is 0 Å². The highest BCUT2D eigenvalue weighted by Gasteiger charge is 2.54. The van der Waals surface area contributed by atoms with Gasteiger partial charge in [0, 0.05) is 44.8 Å². The third-order valence-electron chi connectivity index (χ3n) is 10.6. The van der Waals surface area contributed by atoms with Crippen LogP contribution in [0.25, 0.3) is 0 Å². The number of hydrogen-bond donors (Lipinski definition) is 2. The minimum absolute atomic E-state index is 0.0293. The molecule has 2 bridgehead atoms. The lowest BCUT2D eigenvalue weighted by Gasteiger charge is -2.58. The van der Waals surface area contributed by atoms with Crippen molar-refractivity contribution in [1.29, 1.82) is 5.26 Å². The number of rotatable bonds is 8. The van der Waals surface area contributed by atoms with Gasteiger partial charge in [-0.3, -0.25) is 9.69 Å². The SMILES string of the molecule is CN(C)C(=O)C(CCN1CC[C@]2(C)c3cc(O)ccc3CC1[C@@H]2N(C)C(=O)Nc1ccc(C#N)cc1)(c1ccccc1)c1ccccc1. The zero-order valence-corrected chi connectivity index (χ0v) is 28.1. The van der Waals surface area contributed by atoms with E-state index in [4.69, 9.17) is 0 Å². The third-order valence-corrected chi connectivity index (χ3v) is 10.6. The van der Waals surface area contributed by atoms with E-state index in [1.807, 2.05) is 74.6 Å². The second-order valence-electron chi connectivity index (χ2n) is 13.6. The zero-order chi connectivity index (χ0) is 34.1. The number of fused-ring (bicyclic) bond motifs is 4. The van der Waals surface area contributed by atoms with Gasteiger partial charge in [0.2, 0.25) is 5.91 Å². The van der Waals surface area contributed by atoms with Crippen molar-refractivity contribution in [2.24, 2.45) is 0 Å². The molecular formula is C40H43N5O3. The molecule has 3 atom stereocenters. The van der Waals surface area contributed by atoms with E-state index in [2.05, 4.69) is 47.5 Å². The maximum atomic E-state index is 14.4. The number of amides is 3. The van der Waals surface area contributed by atoms with Crippen molar-refractivity contribution in [2.75, 3.05) is 39.5 Å². The summed E-state index contributed by atoms with van der Waals surface area (Å²) < 4.78 is 0. The maximum absolute atomic E-state index is 14.4. The largest absolute Gasteiger partial charge is 0.508 e. The van der Waals surface area contributed by atoms with Gasteiger partial charge in [-0.05, 0) is 84.5 Å². The summed E-state index contributed by atoms with van der Waals surface area (Å²) in [5, 5.41) is 22.8. The molecule has 4 aromatic rings. The number of piperidine rings is 1. The van der Waals surface area contributed by atoms with Crippen LogP contribution >= 0.6 is 0 Å². The van der Waals surface area contributed by atoms with Crippen LogP contribution in [-0.2, 0) is 22.0 Å². The number of nitriles is 1. The number of likely N-dealkylation sites (N-methyl/N-ethyl adjacent to an activating group) is 2. The van der Waals surface area contributed by atoms with Crippen LogP contribution in [0.15, 0.2) is 103 Å². The van der Waals surface area contributed by atoms with E-state index in [1.54, 1.807) is 35.2 Å². The lowest BCUT2D eigenvalue weighted by atomic mass is 9.61. The maximum Gasteiger partial charge on any atom is 0.321 e. The zero-order valence-electron chi connectivity index (χ0n) is 28.1. The first kappa shape index (κ1) is 32.8. The molecule has 6 rings (SSSR count). The number of hydrogen-bond acceptors (Lipinski definition) is 5. The Balaban J connectivity index is 1.37. The Morgan fingerprint density at radius 2 is 1.58 bits per heavy atom. The molecule has 1 aliphatic heterocycles. The Morgan fingerprint density at radius 1 is 0.958 bits per heavy atom. The van der Waals surface area contributed by atoms with Crippen LogP contribution in [-0.4, -0.2) is 78.1 Å². The number of nitrogens with one attached hydrogen (secondary N) is 1. The lowest BCUT2D eigenvalue weighted by Crippen LogP contribution is -2.68. The number of likely N-dealkylation sites (tertiary alicyclic amines) is 1. The van der Waals surface area contributed by atoms with E-state index in [0.717, 1.165) is 29.7 Å². The molecule has 1 saturated heterocycles. The van der Waals surface area contributed by atoms with E-state index in [0.29, 0.717) is 30.6 Å². The minimum atomic E-state index is -0.903.